The number of halogens is 1. The lowest BCUT2D eigenvalue weighted by Gasteiger charge is -2.25. The first kappa shape index (κ1) is 15.8. The van der Waals surface area contributed by atoms with E-state index in [1.54, 1.807) is 0 Å². The first-order valence-corrected chi connectivity index (χ1v) is 7.09. The second kappa shape index (κ2) is 6.80. The summed E-state index contributed by atoms with van der Waals surface area (Å²) in [7, 11) is 0. The first-order valence-electron chi connectivity index (χ1n) is 6.71. The molecule has 0 amide bonds. The third-order valence-corrected chi connectivity index (χ3v) is 3.56. The molecule has 1 aromatic carbocycles. The van der Waals surface area contributed by atoms with Crippen LogP contribution in [0.2, 0.25) is 5.02 Å². The van der Waals surface area contributed by atoms with Gasteiger partial charge in [-0.3, -0.25) is 4.99 Å². The van der Waals surface area contributed by atoms with Crippen LogP contribution in [0.4, 0.5) is 0 Å². The molecule has 0 bridgehead atoms. The van der Waals surface area contributed by atoms with Crippen molar-refractivity contribution in [3.05, 3.63) is 34.9 Å². The second-order valence-electron chi connectivity index (χ2n) is 5.24. The van der Waals surface area contributed by atoms with Crippen molar-refractivity contribution in [2.24, 2.45) is 10.7 Å². The molecule has 1 aromatic rings. The Morgan fingerprint density at radius 1 is 1.32 bits per heavy atom. The molecule has 0 saturated heterocycles. The lowest BCUT2D eigenvalue weighted by molar-refractivity contribution is 0.451. The Hall–Kier alpha value is -1.22. The zero-order chi connectivity index (χ0) is 14.5. The largest absolute Gasteiger partial charge is 0.370 e. The van der Waals surface area contributed by atoms with Gasteiger partial charge >= 0.3 is 0 Å². The van der Waals surface area contributed by atoms with Crippen LogP contribution in [0.25, 0.3) is 0 Å². The van der Waals surface area contributed by atoms with Crippen LogP contribution < -0.4 is 5.73 Å². The summed E-state index contributed by atoms with van der Waals surface area (Å²) in [4.78, 5) is 6.57. The molecule has 2 N–H and O–H groups in total. The fourth-order valence-corrected chi connectivity index (χ4v) is 2.12. The predicted molar refractivity (Wildman–Crippen MR) is 83.9 cm³/mol. The van der Waals surface area contributed by atoms with E-state index in [-0.39, 0.29) is 5.41 Å². The Labute approximate surface area is 121 Å². The molecule has 3 nitrogen and oxygen atoms in total. The molecule has 0 spiro atoms. The number of hydrogen-bond donors (Lipinski definition) is 1. The topological polar surface area (TPSA) is 41.6 Å². The smallest absolute Gasteiger partial charge is 0.191 e. The van der Waals surface area contributed by atoms with Crippen molar-refractivity contribution in [1.82, 2.24) is 4.90 Å². The van der Waals surface area contributed by atoms with E-state index in [1.807, 2.05) is 23.1 Å². The van der Waals surface area contributed by atoms with E-state index in [4.69, 9.17) is 17.3 Å². The number of nitrogens with two attached hydrogens (primary N) is 1. The second-order valence-corrected chi connectivity index (χ2v) is 5.68. The first-order chi connectivity index (χ1) is 8.90. The Morgan fingerprint density at radius 3 is 2.47 bits per heavy atom. The highest BCUT2D eigenvalue weighted by Crippen LogP contribution is 2.25. The number of hydrogen-bond acceptors (Lipinski definition) is 1. The summed E-state index contributed by atoms with van der Waals surface area (Å²) < 4.78 is 0. The van der Waals surface area contributed by atoms with Gasteiger partial charge in [-0.15, -0.1) is 0 Å². The Morgan fingerprint density at radius 2 is 1.95 bits per heavy atom. The number of aliphatic imine (C=N–C) groups is 1. The lowest BCUT2D eigenvalue weighted by Crippen LogP contribution is -2.38. The summed E-state index contributed by atoms with van der Waals surface area (Å²) in [6, 6.07) is 7.92. The number of benzene rings is 1. The monoisotopic (exact) mass is 281 g/mol. The maximum atomic E-state index is 6.04. The third-order valence-electron chi connectivity index (χ3n) is 3.33. The minimum atomic E-state index is -0.0807. The van der Waals surface area contributed by atoms with Crippen LogP contribution in [-0.4, -0.2) is 30.5 Å². The molecule has 0 radical (unpaired) electrons. The zero-order valence-corrected chi connectivity index (χ0v) is 13.0. The van der Waals surface area contributed by atoms with Crippen LogP contribution in [-0.2, 0) is 5.41 Å². The Balaban J connectivity index is 2.82. The van der Waals surface area contributed by atoms with Gasteiger partial charge < -0.3 is 10.6 Å². The number of guanidine groups is 1. The molecule has 0 heterocycles. The average Bonchev–Trinajstić information content (AvgIpc) is 2.38. The van der Waals surface area contributed by atoms with E-state index in [1.165, 1.54) is 5.56 Å². The van der Waals surface area contributed by atoms with E-state index in [2.05, 4.69) is 38.8 Å². The summed E-state index contributed by atoms with van der Waals surface area (Å²) in [5.74, 6) is 0.611. The van der Waals surface area contributed by atoms with Crippen LogP contribution in [0.15, 0.2) is 29.3 Å². The minimum absolute atomic E-state index is 0.0807. The highest BCUT2D eigenvalue weighted by atomic mass is 35.5. The van der Waals surface area contributed by atoms with E-state index in [9.17, 15) is 0 Å². The van der Waals surface area contributed by atoms with Crippen molar-refractivity contribution >= 4 is 17.6 Å². The molecule has 0 unspecified atom stereocenters. The fraction of sp³-hybridized carbons (Fsp3) is 0.533. The SMILES string of the molecule is CCN(CC)C(N)=NCC(C)(C)c1cccc(Cl)c1. The molecule has 19 heavy (non-hydrogen) atoms. The molecule has 4 heteroatoms. The Kier molecular flexibility index (Phi) is 5.67. The van der Waals surface area contributed by atoms with Crippen LogP contribution in [0, 0.1) is 0 Å². The molecule has 0 aliphatic carbocycles. The molecule has 0 aliphatic rings. The van der Waals surface area contributed by atoms with Crippen molar-refractivity contribution in [2.45, 2.75) is 33.1 Å². The predicted octanol–water partition coefficient (Wildman–Crippen LogP) is 3.27. The van der Waals surface area contributed by atoms with Gasteiger partial charge in [0.25, 0.3) is 0 Å². The van der Waals surface area contributed by atoms with Crippen molar-refractivity contribution in [1.29, 1.82) is 0 Å². The van der Waals surface area contributed by atoms with E-state index in [0.29, 0.717) is 12.5 Å². The fourth-order valence-electron chi connectivity index (χ4n) is 1.93. The summed E-state index contributed by atoms with van der Waals surface area (Å²) in [6.45, 7) is 10.9. The molecule has 106 valence electrons. The van der Waals surface area contributed by atoms with E-state index in [0.717, 1.165) is 18.1 Å². The van der Waals surface area contributed by atoms with Gasteiger partial charge in [-0.05, 0) is 31.5 Å². The Bertz CT molecular complexity index is 437. The minimum Gasteiger partial charge on any atom is -0.370 e. The van der Waals surface area contributed by atoms with Gasteiger partial charge in [0.15, 0.2) is 5.96 Å². The molecule has 1 rings (SSSR count). The van der Waals surface area contributed by atoms with Crippen molar-refractivity contribution in [2.75, 3.05) is 19.6 Å². The van der Waals surface area contributed by atoms with Gasteiger partial charge in [0.1, 0.15) is 0 Å². The van der Waals surface area contributed by atoms with Crippen molar-refractivity contribution in [3.8, 4) is 0 Å². The quantitative estimate of drug-likeness (QED) is 0.665. The molecular weight excluding hydrogens is 258 g/mol. The molecule has 0 aromatic heterocycles. The van der Waals surface area contributed by atoms with Crippen LogP contribution in [0.1, 0.15) is 33.3 Å². The average molecular weight is 282 g/mol. The standard InChI is InChI=1S/C15H24ClN3/c1-5-19(6-2)14(17)18-11-15(3,4)12-8-7-9-13(16)10-12/h7-10H,5-6,11H2,1-4H3,(H2,17,18). The van der Waals surface area contributed by atoms with Crippen LogP contribution in [0.3, 0.4) is 0 Å². The lowest BCUT2D eigenvalue weighted by atomic mass is 9.85. The number of rotatable bonds is 5. The summed E-state index contributed by atoms with van der Waals surface area (Å²) in [6.07, 6.45) is 0. The third kappa shape index (κ3) is 4.43. The summed E-state index contributed by atoms with van der Waals surface area (Å²) in [5, 5.41) is 0.756. The molecule has 0 atom stereocenters. The highest BCUT2D eigenvalue weighted by Gasteiger charge is 2.20. The number of nitrogens with zero attached hydrogens (tertiary/aromatic N) is 2. The van der Waals surface area contributed by atoms with Gasteiger partial charge in [-0.25, -0.2) is 0 Å². The molecule has 0 fully saturated rings. The van der Waals surface area contributed by atoms with Gasteiger partial charge in [0.2, 0.25) is 0 Å². The maximum Gasteiger partial charge on any atom is 0.191 e. The molecule has 0 aliphatic heterocycles. The van der Waals surface area contributed by atoms with E-state index >= 15 is 0 Å². The van der Waals surface area contributed by atoms with Crippen LogP contribution >= 0.6 is 11.6 Å². The molecular formula is C15H24ClN3. The van der Waals surface area contributed by atoms with Gasteiger partial charge in [0.05, 0.1) is 6.54 Å². The normalized spacial score (nSPS) is 12.6. The summed E-state index contributed by atoms with van der Waals surface area (Å²) >= 11 is 6.04. The van der Waals surface area contributed by atoms with Crippen molar-refractivity contribution in [3.63, 3.8) is 0 Å². The highest BCUT2D eigenvalue weighted by molar-refractivity contribution is 6.30. The van der Waals surface area contributed by atoms with Gasteiger partial charge in [-0.2, -0.15) is 0 Å². The molecule has 0 saturated carbocycles. The van der Waals surface area contributed by atoms with Gasteiger partial charge in [0, 0.05) is 23.5 Å². The zero-order valence-electron chi connectivity index (χ0n) is 12.3. The van der Waals surface area contributed by atoms with Gasteiger partial charge in [-0.1, -0.05) is 37.6 Å². The summed E-state index contributed by atoms with van der Waals surface area (Å²) in [5.41, 5.74) is 7.10. The van der Waals surface area contributed by atoms with Crippen LogP contribution in [0.5, 0.6) is 0 Å². The van der Waals surface area contributed by atoms with E-state index < -0.39 is 0 Å². The maximum absolute atomic E-state index is 6.04. The van der Waals surface area contributed by atoms with Crippen molar-refractivity contribution < 1.29 is 0 Å².